The second-order valence-corrected chi connectivity index (χ2v) is 5.96. The predicted octanol–water partition coefficient (Wildman–Crippen LogP) is 2.79. The lowest BCUT2D eigenvalue weighted by Gasteiger charge is -2.29. The molecule has 1 fully saturated rings. The molecule has 3 rings (SSSR count). The van der Waals surface area contributed by atoms with Gasteiger partial charge in [-0.05, 0) is 60.1 Å². The molecule has 0 aromatic heterocycles. The summed E-state index contributed by atoms with van der Waals surface area (Å²) in [5.41, 5.74) is 2.24. The summed E-state index contributed by atoms with van der Waals surface area (Å²) in [5.74, 6) is -0.998. The van der Waals surface area contributed by atoms with Crippen LogP contribution in [0.5, 0.6) is 5.75 Å². The highest BCUT2D eigenvalue weighted by Crippen LogP contribution is 2.23. The van der Waals surface area contributed by atoms with Gasteiger partial charge in [0.15, 0.2) is 5.11 Å². The first-order valence-corrected chi connectivity index (χ1v) is 8.20. The number of phenols is 1. The Morgan fingerprint density at radius 3 is 2.52 bits per heavy atom. The van der Waals surface area contributed by atoms with E-state index in [2.05, 4.69) is 5.32 Å². The second-order valence-electron chi connectivity index (χ2n) is 5.57. The molecule has 5 nitrogen and oxygen atoms in total. The van der Waals surface area contributed by atoms with Crippen LogP contribution in [0.3, 0.4) is 0 Å². The number of carbonyl (C=O) groups excluding carboxylic acids is 2. The van der Waals surface area contributed by atoms with E-state index in [1.807, 2.05) is 19.1 Å². The Hall–Kier alpha value is -2.99. The first-order valence-electron chi connectivity index (χ1n) is 7.79. The minimum absolute atomic E-state index is 0.0428. The Labute approximate surface area is 150 Å². The SMILES string of the molecule is CCc1ccc(N2C(=O)C(=Cc3cccc(O)c3)C(=O)NC2=S)cc1. The number of carbonyl (C=O) groups is 2. The highest BCUT2D eigenvalue weighted by Gasteiger charge is 2.34. The van der Waals surface area contributed by atoms with E-state index >= 15 is 0 Å². The van der Waals surface area contributed by atoms with Crippen LogP contribution in [0, 0.1) is 0 Å². The van der Waals surface area contributed by atoms with E-state index in [9.17, 15) is 14.7 Å². The number of thiocarbonyl (C=S) groups is 1. The Morgan fingerprint density at radius 1 is 1.16 bits per heavy atom. The lowest BCUT2D eigenvalue weighted by Crippen LogP contribution is -2.54. The van der Waals surface area contributed by atoms with Crippen LogP contribution < -0.4 is 10.2 Å². The highest BCUT2D eigenvalue weighted by atomic mass is 32.1. The smallest absolute Gasteiger partial charge is 0.270 e. The van der Waals surface area contributed by atoms with Gasteiger partial charge in [-0.1, -0.05) is 31.2 Å². The maximum absolute atomic E-state index is 12.8. The van der Waals surface area contributed by atoms with Crippen molar-refractivity contribution < 1.29 is 14.7 Å². The fourth-order valence-corrected chi connectivity index (χ4v) is 2.83. The normalized spacial score (nSPS) is 16.3. The average Bonchev–Trinajstić information content (AvgIpc) is 2.59. The van der Waals surface area contributed by atoms with Gasteiger partial charge in [-0.25, -0.2) is 0 Å². The van der Waals surface area contributed by atoms with Gasteiger partial charge >= 0.3 is 0 Å². The zero-order valence-electron chi connectivity index (χ0n) is 13.5. The third kappa shape index (κ3) is 3.44. The largest absolute Gasteiger partial charge is 0.508 e. The molecular weight excluding hydrogens is 336 g/mol. The summed E-state index contributed by atoms with van der Waals surface area (Å²) in [6.07, 6.45) is 2.32. The number of benzene rings is 2. The van der Waals surface area contributed by atoms with Gasteiger partial charge in [-0.2, -0.15) is 0 Å². The molecule has 2 amide bonds. The monoisotopic (exact) mass is 352 g/mol. The molecular formula is C19H16N2O3S. The summed E-state index contributed by atoms with van der Waals surface area (Å²) in [6, 6.07) is 13.8. The van der Waals surface area contributed by atoms with Crippen LogP contribution in [0.25, 0.3) is 6.08 Å². The van der Waals surface area contributed by atoms with Crippen molar-refractivity contribution >= 4 is 40.9 Å². The van der Waals surface area contributed by atoms with E-state index in [-0.39, 0.29) is 16.4 Å². The van der Waals surface area contributed by atoms with Gasteiger partial charge in [0.25, 0.3) is 11.8 Å². The quantitative estimate of drug-likeness (QED) is 0.506. The first-order chi connectivity index (χ1) is 12.0. The van der Waals surface area contributed by atoms with Crippen LogP contribution in [0.2, 0.25) is 0 Å². The molecule has 1 heterocycles. The fourth-order valence-electron chi connectivity index (χ4n) is 2.55. The van der Waals surface area contributed by atoms with E-state index in [1.165, 1.54) is 23.1 Å². The number of phenolic OH excluding ortho intramolecular Hbond substituents is 1. The number of nitrogens with zero attached hydrogens (tertiary/aromatic N) is 1. The van der Waals surface area contributed by atoms with Crippen LogP contribution in [-0.2, 0) is 16.0 Å². The molecule has 2 aromatic rings. The number of amides is 2. The molecule has 25 heavy (non-hydrogen) atoms. The van der Waals surface area contributed by atoms with Crippen molar-refractivity contribution in [2.45, 2.75) is 13.3 Å². The van der Waals surface area contributed by atoms with Crippen molar-refractivity contribution in [3.8, 4) is 5.75 Å². The molecule has 1 aliphatic heterocycles. The summed E-state index contributed by atoms with van der Waals surface area (Å²) in [6.45, 7) is 2.04. The second kappa shape index (κ2) is 6.86. The number of hydrogen-bond acceptors (Lipinski definition) is 4. The maximum Gasteiger partial charge on any atom is 0.270 e. The molecule has 2 N–H and O–H groups in total. The zero-order valence-corrected chi connectivity index (χ0v) is 14.3. The molecule has 0 unspecified atom stereocenters. The van der Waals surface area contributed by atoms with Gasteiger partial charge in [-0.15, -0.1) is 0 Å². The van der Waals surface area contributed by atoms with Crippen LogP contribution >= 0.6 is 12.2 Å². The van der Waals surface area contributed by atoms with Crippen LogP contribution in [0.15, 0.2) is 54.1 Å². The Kier molecular flexibility index (Phi) is 4.63. The molecule has 0 bridgehead atoms. The Morgan fingerprint density at radius 2 is 1.88 bits per heavy atom. The van der Waals surface area contributed by atoms with Crippen molar-refractivity contribution in [3.63, 3.8) is 0 Å². The highest BCUT2D eigenvalue weighted by molar-refractivity contribution is 7.80. The lowest BCUT2D eigenvalue weighted by atomic mass is 10.1. The van der Waals surface area contributed by atoms with Crippen molar-refractivity contribution in [2.24, 2.45) is 0 Å². The topological polar surface area (TPSA) is 69.6 Å². The standard InChI is InChI=1S/C19H16N2O3S/c1-2-12-6-8-14(9-7-12)21-18(24)16(17(23)20-19(21)25)11-13-4-3-5-15(22)10-13/h3-11,22H,2H2,1H3,(H,20,23,25). The zero-order chi connectivity index (χ0) is 18.0. The average molecular weight is 352 g/mol. The van der Waals surface area contributed by atoms with E-state index in [0.29, 0.717) is 11.3 Å². The maximum atomic E-state index is 12.8. The molecule has 6 heteroatoms. The van der Waals surface area contributed by atoms with E-state index in [0.717, 1.165) is 12.0 Å². The Balaban J connectivity index is 1.99. The van der Waals surface area contributed by atoms with E-state index < -0.39 is 11.8 Å². The fraction of sp³-hybridized carbons (Fsp3) is 0.105. The summed E-state index contributed by atoms with van der Waals surface area (Å²) < 4.78 is 0. The van der Waals surface area contributed by atoms with E-state index in [4.69, 9.17) is 12.2 Å². The number of rotatable bonds is 3. The van der Waals surface area contributed by atoms with Gasteiger partial charge in [0.1, 0.15) is 11.3 Å². The van der Waals surface area contributed by atoms with Gasteiger partial charge < -0.3 is 5.11 Å². The summed E-state index contributed by atoms with van der Waals surface area (Å²) in [4.78, 5) is 26.3. The molecule has 0 spiro atoms. The predicted molar refractivity (Wildman–Crippen MR) is 100 cm³/mol. The molecule has 0 aliphatic carbocycles. The van der Waals surface area contributed by atoms with Crippen molar-refractivity contribution in [1.82, 2.24) is 5.32 Å². The van der Waals surface area contributed by atoms with Crippen molar-refractivity contribution in [3.05, 3.63) is 65.2 Å². The van der Waals surface area contributed by atoms with Crippen molar-refractivity contribution in [1.29, 1.82) is 0 Å². The van der Waals surface area contributed by atoms with Crippen LogP contribution in [0.4, 0.5) is 5.69 Å². The summed E-state index contributed by atoms with van der Waals surface area (Å²) in [5, 5.41) is 12.1. The molecule has 0 radical (unpaired) electrons. The third-order valence-electron chi connectivity index (χ3n) is 3.89. The summed E-state index contributed by atoms with van der Waals surface area (Å²) >= 11 is 5.17. The number of aromatic hydroxyl groups is 1. The lowest BCUT2D eigenvalue weighted by molar-refractivity contribution is -0.122. The molecule has 2 aromatic carbocycles. The van der Waals surface area contributed by atoms with E-state index in [1.54, 1.807) is 24.3 Å². The number of hydrogen-bond donors (Lipinski definition) is 2. The molecule has 1 aliphatic rings. The third-order valence-corrected chi connectivity index (χ3v) is 4.17. The number of nitrogens with one attached hydrogen (secondary N) is 1. The van der Waals surface area contributed by atoms with Crippen LogP contribution in [-0.4, -0.2) is 22.0 Å². The van der Waals surface area contributed by atoms with Crippen molar-refractivity contribution in [2.75, 3.05) is 4.90 Å². The van der Waals surface area contributed by atoms with Gasteiger partial charge in [-0.3, -0.25) is 19.8 Å². The van der Waals surface area contributed by atoms with Crippen LogP contribution in [0.1, 0.15) is 18.1 Å². The van der Waals surface area contributed by atoms with Gasteiger partial charge in [0, 0.05) is 0 Å². The van der Waals surface area contributed by atoms with Gasteiger partial charge in [0.05, 0.1) is 5.69 Å². The minimum Gasteiger partial charge on any atom is -0.508 e. The summed E-state index contributed by atoms with van der Waals surface area (Å²) in [7, 11) is 0. The Bertz CT molecular complexity index is 888. The molecule has 126 valence electrons. The first kappa shape index (κ1) is 16.9. The van der Waals surface area contributed by atoms with Gasteiger partial charge in [0.2, 0.25) is 0 Å². The number of anilines is 1. The molecule has 0 atom stereocenters. The molecule has 1 saturated heterocycles. The minimum atomic E-state index is -0.556. The number of aryl methyl sites for hydroxylation is 1. The molecule has 0 saturated carbocycles.